The summed E-state index contributed by atoms with van der Waals surface area (Å²) in [5, 5.41) is 2.90. The molecule has 0 radical (unpaired) electrons. The summed E-state index contributed by atoms with van der Waals surface area (Å²) in [5.74, 6) is -0.0647. The Morgan fingerprint density at radius 3 is 2.57 bits per heavy atom. The second-order valence-corrected chi connectivity index (χ2v) is 7.75. The minimum atomic E-state index is -1.39. The number of carbonyl (C=O) groups excluding carboxylic acids is 2. The summed E-state index contributed by atoms with van der Waals surface area (Å²) >= 11 is 3.42. The zero-order chi connectivity index (χ0) is 19.7. The lowest BCUT2D eigenvalue weighted by Crippen LogP contribution is -2.55. The molecule has 140 valence electrons. The number of nitrogens with zero attached hydrogens (tertiary/aromatic N) is 2. The molecule has 28 heavy (non-hydrogen) atoms. The average Bonchev–Trinajstić information content (AvgIpc) is 2.95. The third-order valence-corrected chi connectivity index (χ3v) is 5.23. The fourth-order valence-corrected chi connectivity index (χ4v) is 3.54. The van der Waals surface area contributed by atoms with Crippen molar-refractivity contribution in [2.75, 3.05) is 0 Å². The second kappa shape index (κ2) is 7.20. The standard InChI is InChI=1S/C22H18BrN3O2/c1-15-11-12-26-19(13-15)24-22(21(26)28,14-16-7-9-18(23)10-8-16)25-20(27)17-5-3-2-4-6-17/h2-13H,14H2,1H3,(H,25,27)/t22-/m1/s1. The molecule has 0 unspecified atom stereocenters. The quantitative estimate of drug-likeness (QED) is 0.792. The Morgan fingerprint density at radius 2 is 1.86 bits per heavy atom. The molecule has 2 aromatic carbocycles. The van der Waals surface area contributed by atoms with Gasteiger partial charge in [-0.15, -0.1) is 0 Å². The number of fused-ring (bicyclic) bond motifs is 1. The topological polar surface area (TPSA) is 61.8 Å². The first-order valence-corrected chi connectivity index (χ1v) is 9.68. The SMILES string of the molecule is CC1=CC2=N[C@](Cc3ccc(Br)cc3)(NC(=O)c3ccccc3)C(=O)N2C=C1. The van der Waals surface area contributed by atoms with E-state index in [-0.39, 0.29) is 18.2 Å². The summed E-state index contributed by atoms with van der Waals surface area (Å²) < 4.78 is 0.946. The number of allylic oxidation sites excluding steroid dienone is 2. The number of aliphatic imine (C=N–C) groups is 1. The van der Waals surface area contributed by atoms with Crippen molar-refractivity contribution in [3.63, 3.8) is 0 Å². The number of nitrogens with one attached hydrogen (secondary N) is 1. The molecule has 0 spiro atoms. The number of benzene rings is 2. The van der Waals surface area contributed by atoms with Gasteiger partial charge in [0.25, 0.3) is 11.8 Å². The maximum Gasteiger partial charge on any atom is 0.281 e. The molecule has 2 heterocycles. The van der Waals surface area contributed by atoms with E-state index in [1.165, 1.54) is 4.90 Å². The van der Waals surface area contributed by atoms with Gasteiger partial charge in [0.05, 0.1) is 0 Å². The van der Waals surface area contributed by atoms with Gasteiger partial charge in [0.15, 0.2) is 0 Å². The lowest BCUT2D eigenvalue weighted by atomic mass is 9.98. The molecule has 5 nitrogen and oxygen atoms in total. The molecule has 1 N–H and O–H groups in total. The van der Waals surface area contributed by atoms with E-state index in [9.17, 15) is 9.59 Å². The normalized spacial score (nSPS) is 20.5. The van der Waals surface area contributed by atoms with Gasteiger partial charge < -0.3 is 5.32 Å². The Morgan fingerprint density at radius 1 is 1.14 bits per heavy atom. The van der Waals surface area contributed by atoms with Crippen LogP contribution in [0.25, 0.3) is 0 Å². The van der Waals surface area contributed by atoms with E-state index in [0.29, 0.717) is 11.4 Å². The van der Waals surface area contributed by atoms with Crippen molar-refractivity contribution in [2.45, 2.75) is 19.0 Å². The van der Waals surface area contributed by atoms with Gasteiger partial charge in [-0.25, -0.2) is 4.99 Å². The van der Waals surface area contributed by atoms with Crippen LogP contribution in [-0.2, 0) is 11.2 Å². The molecule has 1 atom stereocenters. The molecular formula is C22H18BrN3O2. The van der Waals surface area contributed by atoms with Crippen LogP contribution in [0.3, 0.4) is 0 Å². The van der Waals surface area contributed by atoms with Crippen LogP contribution in [0.1, 0.15) is 22.8 Å². The van der Waals surface area contributed by atoms with Gasteiger partial charge >= 0.3 is 0 Å². The van der Waals surface area contributed by atoms with E-state index in [4.69, 9.17) is 0 Å². The van der Waals surface area contributed by atoms with Crippen molar-refractivity contribution in [3.05, 3.63) is 94.1 Å². The summed E-state index contributed by atoms with van der Waals surface area (Å²) in [6.07, 6.45) is 5.66. The smallest absolute Gasteiger partial charge is 0.281 e. The first kappa shape index (κ1) is 18.4. The number of amidine groups is 1. The Balaban J connectivity index is 1.73. The molecule has 2 aromatic rings. The summed E-state index contributed by atoms with van der Waals surface area (Å²) in [5.41, 5.74) is 0.995. The van der Waals surface area contributed by atoms with E-state index >= 15 is 0 Å². The van der Waals surface area contributed by atoms with E-state index < -0.39 is 5.66 Å². The lowest BCUT2D eigenvalue weighted by Gasteiger charge is -2.27. The highest BCUT2D eigenvalue weighted by Gasteiger charge is 2.49. The largest absolute Gasteiger partial charge is 0.320 e. The van der Waals surface area contributed by atoms with Crippen LogP contribution in [0.4, 0.5) is 0 Å². The van der Waals surface area contributed by atoms with Crippen molar-refractivity contribution in [1.82, 2.24) is 10.2 Å². The number of rotatable bonds is 4. The van der Waals surface area contributed by atoms with E-state index in [0.717, 1.165) is 15.6 Å². The van der Waals surface area contributed by atoms with Crippen molar-refractivity contribution in [1.29, 1.82) is 0 Å². The molecule has 0 saturated heterocycles. The lowest BCUT2D eigenvalue weighted by molar-refractivity contribution is -0.130. The predicted molar refractivity (Wildman–Crippen MR) is 112 cm³/mol. The fourth-order valence-electron chi connectivity index (χ4n) is 3.28. The van der Waals surface area contributed by atoms with Crippen molar-refractivity contribution >= 4 is 33.6 Å². The van der Waals surface area contributed by atoms with E-state index in [1.807, 2.05) is 49.4 Å². The zero-order valence-corrected chi connectivity index (χ0v) is 16.8. The van der Waals surface area contributed by atoms with Crippen LogP contribution in [0, 0.1) is 0 Å². The number of amides is 2. The van der Waals surface area contributed by atoms with Gasteiger partial charge in [-0.2, -0.15) is 0 Å². The highest BCUT2D eigenvalue weighted by atomic mass is 79.9. The second-order valence-electron chi connectivity index (χ2n) is 6.83. The average molecular weight is 436 g/mol. The highest BCUT2D eigenvalue weighted by molar-refractivity contribution is 9.10. The zero-order valence-electron chi connectivity index (χ0n) is 15.2. The maximum atomic E-state index is 13.3. The van der Waals surface area contributed by atoms with Crippen LogP contribution < -0.4 is 5.32 Å². The van der Waals surface area contributed by atoms with Crippen LogP contribution in [0.5, 0.6) is 0 Å². The Kier molecular flexibility index (Phi) is 4.73. The first-order chi connectivity index (χ1) is 13.5. The van der Waals surface area contributed by atoms with E-state index in [2.05, 4.69) is 26.2 Å². The number of halogens is 1. The van der Waals surface area contributed by atoms with Gasteiger partial charge in [0, 0.05) is 22.7 Å². The van der Waals surface area contributed by atoms with Gasteiger partial charge in [-0.05, 0) is 54.5 Å². The molecule has 4 rings (SSSR count). The Bertz CT molecular complexity index is 1030. The van der Waals surface area contributed by atoms with Crippen LogP contribution >= 0.6 is 15.9 Å². The molecule has 0 saturated carbocycles. The summed E-state index contributed by atoms with van der Waals surface area (Å²) in [6, 6.07) is 16.5. The summed E-state index contributed by atoms with van der Waals surface area (Å²) in [6.45, 7) is 1.94. The molecule has 0 bridgehead atoms. The summed E-state index contributed by atoms with van der Waals surface area (Å²) in [4.78, 5) is 32.4. The van der Waals surface area contributed by atoms with Gasteiger partial charge in [-0.1, -0.05) is 46.3 Å². The molecule has 2 aliphatic rings. The van der Waals surface area contributed by atoms with Crippen molar-refractivity contribution in [3.8, 4) is 0 Å². The van der Waals surface area contributed by atoms with Crippen LogP contribution in [0.15, 0.2) is 88.0 Å². The van der Waals surface area contributed by atoms with Crippen molar-refractivity contribution in [2.24, 2.45) is 4.99 Å². The molecule has 2 amide bonds. The molecule has 2 aliphatic heterocycles. The Labute approximate surface area is 171 Å². The third-order valence-electron chi connectivity index (χ3n) is 4.70. The number of carbonyl (C=O) groups is 2. The molecule has 6 heteroatoms. The van der Waals surface area contributed by atoms with Crippen LogP contribution in [0.2, 0.25) is 0 Å². The minimum Gasteiger partial charge on any atom is -0.320 e. The molecule has 0 aliphatic carbocycles. The van der Waals surface area contributed by atoms with E-state index in [1.54, 1.807) is 30.5 Å². The van der Waals surface area contributed by atoms with Crippen molar-refractivity contribution < 1.29 is 9.59 Å². The monoisotopic (exact) mass is 435 g/mol. The van der Waals surface area contributed by atoms with Gasteiger partial charge in [-0.3, -0.25) is 14.5 Å². The van der Waals surface area contributed by atoms with Gasteiger partial charge in [0.1, 0.15) is 5.84 Å². The number of hydrogen-bond acceptors (Lipinski definition) is 3. The maximum absolute atomic E-state index is 13.3. The summed E-state index contributed by atoms with van der Waals surface area (Å²) in [7, 11) is 0. The first-order valence-electron chi connectivity index (χ1n) is 8.89. The van der Waals surface area contributed by atoms with Crippen LogP contribution in [-0.4, -0.2) is 28.2 Å². The van der Waals surface area contributed by atoms with Gasteiger partial charge in [0.2, 0.25) is 5.66 Å². The highest BCUT2D eigenvalue weighted by Crippen LogP contribution is 2.29. The Hall–Kier alpha value is -2.99. The minimum absolute atomic E-state index is 0.262. The number of hydrogen-bond donors (Lipinski definition) is 1. The fraction of sp³-hybridized carbons (Fsp3) is 0.136. The molecular weight excluding hydrogens is 418 g/mol. The predicted octanol–water partition coefficient (Wildman–Crippen LogP) is 3.83. The third kappa shape index (κ3) is 3.43. The molecule has 0 fully saturated rings. The molecule has 0 aromatic heterocycles.